The lowest BCUT2D eigenvalue weighted by molar-refractivity contribution is 0.0947. The van der Waals surface area contributed by atoms with Crippen LogP contribution in [0.5, 0.6) is 11.8 Å². The fourth-order valence-corrected chi connectivity index (χ4v) is 2.68. The molecule has 120 valence electrons. The molecule has 1 aromatic heterocycles. The van der Waals surface area contributed by atoms with Gasteiger partial charge in [0.2, 0.25) is 0 Å². The molecule has 0 bridgehead atoms. The third-order valence-corrected chi connectivity index (χ3v) is 3.89. The van der Waals surface area contributed by atoms with Gasteiger partial charge in [-0.05, 0) is 50.2 Å². The summed E-state index contributed by atoms with van der Waals surface area (Å²) in [6.07, 6.45) is 4.35. The molecule has 3 rings (SSSR count). The number of likely N-dealkylation sites (tertiary alicyclic amines) is 1. The summed E-state index contributed by atoms with van der Waals surface area (Å²) in [7, 11) is 2.11. The molecule has 1 fully saturated rings. The first kappa shape index (κ1) is 15.4. The molecular weight excluding hydrogens is 292 g/mol. The van der Waals surface area contributed by atoms with Crippen LogP contribution in [0.1, 0.15) is 16.8 Å². The predicted molar refractivity (Wildman–Crippen MR) is 86.5 cm³/mol. The van der Waals surface area contributed by atoms with Gasteiger partial charge in [-0.3, -0.25) is 4.79 Å². The second kappa shape index (κ2) is 7.19. The SMILES string of the molecule is CN1CCC(CNC(=O)c2cccc(Oc3ncccn3)c2)C1. The zero-order chi connectivity index (χ0) is 16.1. The summed E-state index contributed by atoms with van der Waals surface area (Å²) in [5.41, 5.74) is 0.574. The quantitative estimate of drug-likeness (QED) is 0.914. The summed E-state index contributed by atoms with van der Waals surface area (Å²) >= 11 is 0. The van der Waals surface area contributed by atoms with Gasteiger partial charge in [0.05, 0.1) is 0 Å². The number of carbonyl (C=O) groups excluding carboxylic acids is 1. The lowest BCUT2D eigenvalue weighted by Crippen LogP contribution is -2.30. The van der Waals surface area contributed by atoms with Crippen molar-refractivity contribution in [2.24, 2.45) is 5.92 Å². The van der Waals surface area contributed by atoms with E-state index in [-0.39, 0.29) is 11.9 Å². The molecule has 1 N–H and O–H groups in total. The Morgan fingerprint density at radius 3 is 2.91 bits per heavy atom. The first-order valence-corrected chi connectivity index (χ1v) is 7.72. The van der Waals surface area contributed by atoms with Gasteiger partial charge in [-0.2, -0.15) is 0 Å². The molecule has 6 heteroatoms. The number of nitrogens with one attached hydrogen (secondary N) is 1. The Labute approximate surface area is 135 Å². The van der Waals surface area contributed by atoms with Gasteiger partial charge < -0.3 is 15.0 Å². The van der Waals surface area contributed by atoms with Crippen LogP contribution in [-0.4, -0.2) is 47.5 Å². The Morgan fingerprint density at radius 2 is 2.17 bits per heavy atom. The smallest absolute Gasteiger partial charge is 0.321 e. The highest BCUT2D eigenvalue weighted by molar-refractivity contribution is 5.94. The van der Waals surface area contributed by atoms with Crippen LogP contribution >= 0.6 is 0 Å². The van der Waals surface area contributed by atoms with Gasteiger partial charge in [-0.15, -0.1) is 0 Å². The first-order valence-electron chi connectivity index (χ1n) is 7.72. The minimum atomic E-state index is -0.0843. The van der Waals surface area contributed by atoms with Crippen molar-refractivity contribution in [2.45, 2.75) is 6.42 Å². The lowest BCUT2D eigenvalue weighted by atomic mass is 10.1. The molecule has 0 radical (unpaired) electrons. The number of carbonyl (C=O) groups is 1. The van der Waals surface area contributed by atoms with E-state index in [2.05, 4.69) is 27.2 Å². The van der Waals surface area contributed by atoms with E-state index in [4.69, 9.17) is 4.74 Å². The number of hydrogen-bond acceptors (Lipinski definition) is 5. The standard InChI is InChI=1S/C17H20N4O2/c1-21-9-6-13(12-21)11-20-16(22)14-4-2-5-15(10-14)23-17-18-7-3-8-19-17/h2-5,7-8,10,13H,6,9,11-12H2,1H3,(H,20,22). The van der Waals surface area contributed by atoms with Crippen LogP contribution in [0.4, 0.5) is 0 Å². The second-order valence-electron chi connectivity index (χ2n) is 5.79. The predicted octanol–water partition coefficient (Wildman–Crippen LogP) is 1.95. The van der Waals surface area contributed by atoms with Gasteiger partial charge in [0.1, 0.15) is 5.75 Å². The zero-order valence-electron chi connectivity index (χ0n) is 13.1. The summed E-state index contributed by atoms with van der Waals surface area (Å²) in [5.74, 6) is 0.990. The van der Waals surface area contributed by atoms with Crippen molar-refractivity contribution in [2.75, 3.05) is 26.7 Å². The number of benzene rings is 1. The maximum absolute atomic E-state index is 12.3. The molecule has 1 aromatic carbocycles. The molecule has 1 aliphatic rings. The van der Waals surface area contributed by atoms with Gasteiger partial charge in [-0.25, -0.2) is 9.97 Å². The van der Waals surface area contributed by atoms with E-state index in [1.54, 1.807) is 42.7 Å². The largest absolute Gasteiger partial charge is 0.424 e. The van der Waals surface area contributed by atoms with Crippen LogP contribution in [0.15, 0.2) is 42.7 Å². The number of hydrogen-bond donors (Lipinski definition) is 1. The minimum Gasteiger partial charge on any atom is -0.424 e. The van der Waals surface area contributed by atoms with E-state index in [9.17, 15) is 4.79 Å². The van der Waals surface area contributed by atoms with Crippen molar-refractivity contribution in [1.82, 2.24) is 20.2 Å². The summed E-state index contributed by atoms with van der Waals surface area (Å²) in [6.45, 7) is 2.84. The molecule has 6 nitrogen and oxygen atoms in total. The van der Waals surface area contributed by atoms with Crippen molar-refractivity contribution in [3.63, 3.8) is 0 Å². The monoisotopic (exact) mass is 312 g/mol. The molecule has 2 heterocycles. The molecule has 1 unspecified atom stereocenters. The Hall–Kier alpha value is -2.47. The Morgan fingerprint density at radius 1 is 1.35 bits per heavy atom. The zero-order valence-corrected chi connectivity index (χ0v) is 13.1. The summed E-state index contributed by atoms with van der Waals surface area (Å²) in [4.78, 5) is 22.6. The molecule has 1 aliphatic heterocycles. The molecule has 0 aliphatic carbocycles. The van der Waals surface area contributed by atoms with Crippen molar-refractivity contribution < 1.29 is 9.53 Å². The van der Waals surface area contributed by atoms with Crippen LogP contribution in [0.25, 0.3) is 0 Å². The number of amides is 1. The molecule has 1 saturated heterocycles. The van der Waals surface area contributed by atoms with Crippen LogP contribution in [0.2, 0.25) is 0 Å². The fraction of sp³-hybridized carbons (Fsp3) is 0.353. The molecular formula is C17H20N4O2. The summed E-state index contributed by atoms with van der Waals surface area (Å²) < 4.78 is 5.55. The molecule has 0 saturated carbocycles. The maximum atomic E-state index is 12.3. The first-order chi connectivity index (χ1) is 11.2. The van der Waals surface area contributed by atoms with Crippen molar-refractivity contribution >= 4 is 5.91 Å². The van der Waals surface area contributed by atoms with Gasteiger partial charge >= 0.3 is 6.01 Å². The van der Waals surface area contributed by atoms with E-state index >= 15 is 0 Å². The average molecular weight is 312 g/mol. The Kier molecular flexibility index (Phi) is 4.83. The van der Waals surface area contributed by atoms with Crippen LogP contribution in [0, 0.1) is 5.92 Å². The van der Waals surface area contributed by atoms with Gasteiger partial charge in [0.15, 0.2) is 0 Å². The fourth-order valence-electron chi connectivity index (χ4n) is 2.68. The number of aromatic nitrogens is 2. The molecule has 1 atom stereocenters. The average Bonchev–Trinajstić information content (AvgIpc) is 2.99. The highest BCUT2D eigenvalue weighted by Crippen LogP contribution is 2.19. The van der Waals surface area contributed by atoms with E-state index in [0.717, 1.165) is 19.5 Å². The summed E-state index contributed by atoms with van der Waals surface area (Å²) in [6, 6.07) is 9.02. The minimum absolute atomic E-state index is 0.0843. The van der Waals surface area contributed by atoms with E-state index in [1.165, 1.54) is 0 Å². The van der Waals surface area contributed by atoms with Crippen molar-refractivity contribution in [3.8, 4) is 11.8 Å². The number of ether oxygens (including phenoxy) is 1. The molecule has 2 aromatic rings. The second-order valence-corrected chi connectivity index (χ2v) is 5.79. The van der Waals surface area contributed by atoms with Gasteiger partial charge in [0.25, 0.3) is 5.91 Å². The van der Waals surface area contributed by atoms with Crippen molar-refractivity contribution in [3.05, 3.63) is 48.3 Å². The van der Waals surface area contributed by atoms with E-state index in [0.29, 0.717) is 23.8 Å². The Bertz CT molecular complexity index is 663. The maximum Gasteiger partial charge on any atom is 0.321 e. The van der Waals surface area contributed by atoms with Crippen LogP contribution in [-0.2, 0) is 0 Å². The normalized spacial score (nSPS) is 17.9. The van der Waals surface area contributed by atoms with Crippen LogP contribution in [0.3, 0.4) is 0 Å². The molecule has 0 spiro atoms. The molecule has 23 heavy (non-hydrogen) atoms. The Balaban J connectivity index is 1.59. The highest BCUT2D eigenvalue weighted by Gasteiger charge is 2.20. The van der Waals surface area contributed by atoms with Gasteiger partial charge in [-0.1, -0.05) is 6.07 Å². The summed E-state index contributed by atoms with van der Waals surface area (Å²) in [5, 5.41) is 3.00. The topological polar surface area (TPSA) is 67.4 Å². The number of rotatable bonds is 5. The number of nitrogens with zero attached hydrogens (tertiary/aromatic N) is 3. The highest BCUT2D eigenvalue weighted by atomic mass is 16.5. The van der Waals surface area contributed by atoms with Crippen molar-refractivity contribution in [1.29, 1.82) is 0 Å². The van der Waals surface area contributed by atoms with Crippen LogP contribution < -0.4 is 10.1 Å². The molecule has 1 amide bonds. The third-order valence-electron chi connectivity index (χ3n) is 3.89. The van der Waals surface area contributed by atoms with E-state index < -0.39 is 0 Å². The van der Waals surface area contributed by atoms with Gasteiger partial charge in [0, 0.05) is 31.0 Å². The van der Waals surface area contributed by atoms with E-state index in [1.807, 2.05) is 0 Å². The third kappa shape index (κ3) is 4.26. The lowest BCUT2D eigenvalue weighted by Gasteiger charge is -2.12.